The van der Waals surface area contributed by atoms with Gasteiger partial charge in [-0.1, -0.05) is 36.4 Å². The van der Waals surface area contributed by atoms with Crippen molar-refractivity contribution in [2.75, 3.05) is 19.5 Å². The third-order valence-electron chi connectivity index (χ3n) is 5.12. The topological polar surface area (TPSA) is 69.4 Å². The van der Waals surface area contributed by atoms with Crippen LogP contribution < -0.4 is 14.8 Å². The fraction of sp³-hybridized carbons (Fsp3) is 0.120. The highest BCUT2D eigenvalue weighted by atomic mass is 32.1. The van der Waals surface area contributed by atoms with E-state index >= 15 is 0 Å². The van der Waals surface area contributed by atoms with E-state index in [9.17, 15) is 0 Å². The van der Waals surface area contributed by atoms with Crippen LogP contribution >= 0.6 is 11.3 Å². The second kappa shape index (κ2) is 8.72. The van der Waals surface area contributed by atoms with Crippen LogP contribution in [0, 0.1) is 0 Å². The van der Waals surface area contributed by atoms with Crippen LogP contribution in [0.4, 0.5) is 6.01 Å². The molecule has 0 radical (unpaired) electrons. The number of nitrogens with one attached hydrogen (secondary N) is 1. The molecule has 0 saturated heterocycles. The molecule has 5 rings (SSSR count). The maximum absolute atomic E-state index is 5.71. The molecule has 0 spiro atoms. The molecule has 0 aliphatic carbocycles. The molecule has 5 aromatic rings. The Morgan fingerprint density at radius 3 is 2.44 bits per heavy atom. The lowest BCUT2D eigenvalue weighted by Crippen LogP contribution is -1.99. The number of thiazole rings is 1. The number of benzene rings is 3. The lowest BCUT2D eigenvalue weighted by Gasteiger charge is -2.08. The van der Waals surface area contributed by atoms with E-state index in [1.54, 1.807) is 25.6 Å². The van der Waals surface area contributed by atoms with Gasteiger partial charge in [0, 0.05) is 23.1 Å². The number of para-hydroxylation sites is 2. The second-order valence-corrected chi connectivity index (χ2v) is 8.00. The quantitative estimate of drug-likeness (QED) is 0.321. The van der Waals surface area contributed by atoms with Gasteiger partial charge in [-0.3, -0.25) is 0 Å². The largest absolute Gasteiger partial charge is 0.493 e. The van der Waals surface area contributed by atoms with Crippen LogP contribution in [0.2, 0.25) is 0 Å². The predicted molar refractivity (Wildman–Crippen MR) is 127 cm³/mol. The summed E-state index contributed by atoms with van der Waals surface area (Å²) < 4.78 is 16.4. The number of rotatable bonds is 7. The number of hydrogen-bond donors (Lipinski definition) is 1. The first-order chi connectivity index (χ1) is 15.7. The number of fused-ring (bicyclic) bond motifs is 1. The van der Waals surface area contributed by atoms with Crippen molar-refractivity contribution in [3.05, 3.63) is 77.7 Å². The molecule has 7 heteroatoms. The van der Waals surface area contributed by atoms with Gasteiger partial charge < -0.3 is 19.2 Å². The smallest absolute Gasteiger partial charge is 0.295 e. The molecule has 0 fully saturated rings. The Kier molecular flexibility index (Phi) is 5.47. The van der Waals surface area contributed by atoms with Gasteiger partial charge in [-0.15, -0.1) is 11.3 Å². The molecule has 0 aliphatic heterocycles. The highest BCUT2D eigenvalue weighted by Gasteiger charge is 2.11. The van der Waals surface area contributed by atoms with Crippen molar-refractivity contribution < 1.29 is 13.9 Å². The van der Waals surface area contributed by atoms with E-state index in [-0.39, 0.29) is 0 Å². The molecule has 1 N–H and O–H groups in total. The van der Waals surface area contributed by atoms with Crippen molar-refractivity contribution in [2.45, 2.75) is 6.54 Å². The lowest BCUT2D eigenvalue weighted by atomic mass is 10.1. The van der Waals surface area contributed by atoms with Crippen LogP contribution in [0.3, 0.4) is 0 Å². The van der Waals surface area contributed by atoms with Gasteiger partial charge in [-0.25, -0.2) is 4.98 Å². The van der Waals surface area contributed by atoms with Gasteiger partial charge in [0.2, 0.25) is 0 Å². The number of aromatic nitrogens is 2. The van der Waals surface area contributed by atoms with Gasteiger partial charge in [-0.05, 0) is 35.9 Å². The summed E-state index contributed by atoms with van der Waals surface area (Å²) in [5.74, 6) is 1.39. The summed E-state index contributed by atoms with van der Waals surface area (Å²) in [5.41, 5.74) is 5.73. The number of anilines is 1. The number of oxazole rings is 1. The Morgan fingerprint density at radius 2 is 1.66 bits per heavy atom. The summed E-state index contributed by atoms with van der Waals surface area (Å²) in [5, 5.41) is 6.26. The monoisotopic (exact) mass is 443 g/mol. The second-order valence-electron chi connectivity index (χ2n) is 7.14. The molecule has 3 aromatic carbocycles. The van der Waals surface area contributed by atoms with E-state index in [1.165, 1.54) is 0 Å². The fourth-order valence-electron chi connectivity index (χ4n) is 3.43. The Balaban J connectivity index is 1.28. The number of ether oxygens (including phenoxy) is 2. The minimum atomic E-state index is 0.523. The molecule has 0 saturated carbocycles. The summed E-state index contributed by atoms with van der Waals surface area (Å²) in [4.78, 5) is 9.26. The highest BCUT2D eigenvalue weighted by molar-refractivity contribution is 7.13. The average Bonchev–Trinajstić information content (AvgIpc) is 3.50. The summed E-state index contributed by atoms with van der Waals surface area (Å²) in [6, 6.07) is 22.4. The standard InChI is InChI=1S/C25H21N3O3S/c1-29-22-12-11-18(13-23(22)30-2)20-15-32-24(27-20)17-9-7-16(8-10-17)14-26-25-28-19-5-3-4-6-21(19)31-25/h3-13,15H,14H2,1-2H3,(H,26,28). The predicted octanol–water partition coefficient (Wildman–Crippen LogP) is 6.25. The molecule has 32 heavy (non-hydrogen) atoms. The van der Waals surface area contributed by atoms with Gasteiger partial charge in [-0.2, -0.15) is 4.98 Å². The summed E-state index contributed by atoms with van der Waals surface area (Å²) in [7, 11) is 3.26. The van der Waals surface area contributed by atoms with E-state index < -0.39 is 0 Å². The fourth-order valence-corrected chi connectivity index (χ4v) is 4.26. The van der Waals surface area contributed by atoms with E-state index in [0.29, 0.717) is 24.1 Å². The van der Waals surface area contributed by atoms with Gasteiger partial charge >= 0.3 is 0 Å². The van der Waals surface area contributed by atoms with Gasteiger partial charge in [0.1, 0.15) is 10.5 Å². The Hall–Kier alpha value is -3.84. The van der Waals surface area contributed by atoms with Crippen molar-refractivity contribution in [1.82, 2.24) is 9.97 Å². The third-order valence-corrected chi connectivity index (χ3v) is 6.01. The normalized spacial score (nSPS) is 10.9. The maximum atomic E-state index is 5.71. The molecule has 0 bridgehead atoms. The summed E-state index contributed by atoms with van der Waals surface area (Å²) in [6.07, 6.45) is 0. The van der Waals surface area contributed by atoms with Crippen molar-refractivity contribution in [2.24, 2.45) is 0 Å². The number of nitrogens with zero attached hydrogens (tertiary/aromatic N) is 2. The van der Waals surface area contributed by atoms with Crippen LogP contribution in [0.1, 0.15) is 5.56 Å². The number of methoxy groups -OCH3 is 2. The van der Waals surface area contributed by atoms with Crippen molar-refractivity contribution in [3.8, 4) is 33.3 Å². The Bertz CT molecular complexity index is 1330. The van der Waals surface area contributed by atoms with E-state index in [4.69, 9.17) is 18.9 Å². The van der Waals surface area contributed by atoms with E-state index in [2.05, 4.69) is 39.9 Å². The Labute approximate surface area is 189 Å². The third kappa shape index (κ3) is 4.02. The van der Waals surface area contributed by atoms with Crippen LogP contribution in [-0.4, -0.2) is 24.2 Å². The van der Waals surface area contributed by atoms with Crippen LogP contribution in [0.5, 0.6) is 11.5 Å². The molecule has 0 unspecified atom stereocenters. The summed E-state index contributed by atoms with van der Waals surface area (Å²) >= 11 is 1.62. The first-order valence-corrected chi connectivity index (χ1v) is 11.0. The minimum absolute atomic E-state index is 0.523. The van der Waals surface area contributed by atoms with Gasteiger partial charge in [0.25, 0.3) is 6.01 Å². The van der Waals surface area contributed by atoms with Crippen LogP contribution in [0.25, 0.3) is 32.9 Å². The minimum Gasteiger partial charge on any atom is -0.493 e. The average molecular weight is 444 g/mol. The van der Waals surface area contributed by atoms with Crippen molar-refractivity contribution in [3.63, 3.8) is 0 Å². The Morgan fingerprint density at radius 1 is 0.875 bits per heavy atom. The van der Waals surface area contributed by atoms with Crippen LogP contribution in [0.15, 0.2) is 76.5 Å². The van der Waals surface area contributed by atoms with E-state index in [1.807, 2.05) is 42.5 Å². The van der Waals surface area contributed by atoms with Crippen molar-refractivity contribution >= 4 is 28.5 Å². The zero-order valence-corrected chi connectivity index (χ0v) is 18.5. The highest BCUT2D eigenvalue weighted by Crippen LogP contribution is 2.34. The summed E-state index contributed by atoms with van der Waals surface area (Å²) in [6.45, 7) is 0.627. The number of hydrogen-bond acceptors (Lipinski definition) is 7. The maximum Gasteiger partial charge on any atom is 0.295 e. The lowest BCUT2D eigenvalue weighted by molar-refractivity contribution is 0.355. The zero-order valence-electron chi connectivity index (χ0n) is 17.7. The molecule has 2 aromatic heterocycles. The first kappa shape index (κ1) is 20.1. The molecule has 0 amide bonds. The molecule has 0 atom stereocenters. The van der Waals surface area contributed by atoms with Crippen molar-refractivity contribution in [1.29, 1.82) is 0 Å². The van der Waals surface area contributed by atoms with Gasteiger partial charge in [0.05, 0.1) is 19.9 Å². The molecule has 160 valence electrons. The first-order valence-electron chi connectivity index (χ1n) is 10.1. The molecular formula is C25H21N3O3S. The SMILES string of the molecule is COc1ccc(-c2csc(-c3ccc(CNc4nc5ccccc5o4)cc3)n2)cc1OC. The van der Waals surface area contributed by atoms with E-state index in [0.717, 1.165) is 38.5 Å². The van der Waals surface area contributed by atoms with Gasteiger partial charge in [0.15, 0.2) is 17.1 Å². The van der Waals surface area contributed by atoms with Crippen LogP contribution in [-0.2, 0) is 6.54 Å². The molecular weight excluding hydrogens is 422 g/mol. The molecule has 2 heterocycles. The molecule has 6 nitrogen and oxygen atoms in total. The molecule has 0 aliphatic rings. The zero-order chi connectivity index (χ0) is 21.9.